The molecule has 2 rings (SSSR count). The standard InChI is InChI=1S/C11H5Cl4N3O/c12-5-1-2-7(13)6(3-5)10(19)17-9-4-8(14)16-11(15)18-9/h1-4H,(H,16,17,18,19). The summed E-state index contributed by atoms with van der Waals surface area (Å²) in [6, 6.07) is 5.92. The van der Waals surface area contributed by atoms with Crippen LogP contribution in [-0.2, 0) is 0 Å². The van der Waals surface area contributed by atoms with Crippen LogP contribution in [0.2, 0.25) is 20.5 Å². The predicted molar refractivity (Wildman–Crippen MR) is 76.5 cm³/mol. The van der Waals surface area contributed by atoms with Gasteiger partial charge in [0.2, 0.25) is 5.28 Å². The molecule has 0 bridgehead atoms. The van der Waals surface area contributed by atoms with Crippen LogP contribution in [0.5, 0.6) is 0 Å². The van der Waals surface area contributed by atoms with E-state index in [1.54, 1.807) is 6.07 Å². The van der Waals surface area contributed by atoms with Gasteiger partial charge >= 0.3 is 0 Å². The van der Waals surface area contributed by atoms with Gasteiger partial charge in [0, 0.05) is 11.1 Å². The van der Waals surface area contributed by atoms with Crippen molar-refractivity contribution in [3.05, 3.63) is 50.3 Å². The molecule has 2 aromatic rings. The lowest BCUT2D eigenvalue weighted by Gasteiger charge is -2.06. The van der Waals surface area contributed by atoms with Gasteiger partial charge in [-0.2, -0.15) is 0 Å². The highest BCUT2D eigenvalue weighted by Crippen LogP contribution is 2.22. The number of rotatable bonds is 2. The highest BCUT2D eigenvalue weighted by molar-refractivity contribution is 6.36. The largest absolute Gasteiger partial charge is 0.306 e. The molecule has 0 atom stereocenters. The van der Waals surface area contributed by atoms with Crippen LogP contribution < -0.4 is 5.32 Å². The van der Waals surface area contributed by atoms with Crippen molar-refractivity contribution < 1.29 is 4.79 Å². The van der Waals surface area contributed by atoms with Gasteiger partial charge in [0.15, 0.2) is 0 Å². The van der Waals surface area contributed by atoms with E-state index in [1.165, 1.54) is 18.2 Å². The predicted octanol–water partition coefficient (Wildman–Crippen LogP) is 4.34. The summed E-state index contributed by atoms with van der Waals surface area (Å²) in [5, 5.41) is 3.22. The van der Waals surface area contributed by atoms with Crippen molar-refractivity contribution in [3.8, 4) is 0 Å². The Hall–Kier alpha value is -1.07. The highest BCUT2D eigenvalue weighted by Gasteiger charge is 2.12. The summed E-state index contributed by atoms with van der Waals surface area (Å²) in [6.07, 6.45) is 0. The van der Waals surface area contributed by atoms with Gasteiger partial charge in [-0.25, -0.2) is 9.97 Å². The molecule has 98 valence electrons. The number of hydrogen-bond acceptors (Lipinski definition) is 3. The second-order valence-corrected chi connectivity index (χ2v) is 4.99. The summed E-state index contributed by atoms with van der Waals surface area (Å²) in [5.41, 5.74) is 0.222. The molecule has 19 heavy (non-hydrogen) atoms. The van der Waals surface area contributed by atoms with Gasteiger partial charge in [0.25, 0.3) is 5.91 Å². The summed E-state index contributed by atoms with van der Waals surface area (Å²) in [7, 11) is 0. The first kappa shape index (κ1) is 14.3. The number of carbonyl (C=O) groups excluding carboxylic acids is 1. The molecule has 0 spiro atoms. The fourth-order valence-corrected chi connectivity index (χ4v) is 2.09. The van der Waals surface area contributed by atoms with E-state index in [9.17, 15) is 4.79 Å². The van der Waals surface area contributed by atoms with Crippen molar-refractivity contribution in [2.24, 2.45) is 0 Å². The molecule has 1 amide bonds. The number of hydrogen-bond donors (Lipinski definition) is 1. The van der Waals surface area contributed by atoms with Gasteiger partial charge in [0.1, 0.15) is 11.0 Å². The smallest absolute Gasteiger partial charge is 0.258 e. The van der Waals surface area contributed by atoms with Crippen LogP contribution in [0, 0.1) is 0 Å². The normalized spacial score (nSPS) is 10.3. The number of halogens is 4. The van der Waals surface area contributed by atoms with Crippen molar-refractivity contribution in [2.75, 3.05) is 5.32 Å². The van der Waals surface area contributed by atoms with E-state index < -0.39 is 5.91 Å². The molecule has 1 N–H and O–H groups in total. The third kappa shape index (κ3) is 3.70. The topological polar surface area (TPSA) is 54.9 Å². The molecular formula is C11H5Cl4N3O. The minimum Gasteiger partial charge on any atom is -0.306 e. The van der Waals surface area contributed by atoms with Gasteiger partial charge in [-0.3, -0.25) is 4.79 Å². The molecule has 0 aliphatic heterocycles. The van der Waals surface area contributed by atoms with Gasteiger partial charge in [-0.1, -0.05) is 34.8 Å². The number of aromatic nitrogens is 2. The van der Waals surface area contributed by atoms with E-state index in [1.807, 2.05) is 0 Å². The Morgan fingerprint density at radius 1 is 1.05 bits per heavy atom. The molecule has 0 unspecified atom stereocenters. The quantitative estimate of drug-likeness (QED) is 0.655. The van der Waals surface area contributed by atoms with Crippen LogP contribution in [0.1, 0.15) is 10.4 Å². The molecule has 0 aliphatic carbocycles. The Morgan fingerprint density at radius 3 is 2.47 bits per heavy atom. The molecule has 0 radical (unpaired) electrons. The molecular weight excluding hydrogens is 332 g/mol. The van der Waals surface area contributed by atoms with Crippen molar-refractivity contribution in [3.63, 3.8) is 0 Å². The van der Waals surface area contributed by atoms with Crippen LogP contribution in [-0.4, -0.2) is 15.9 Å². The molecule has 8 heteroatoms. The summed E-state index contributed by atoms with van der Waals surface area (Å²) in [5.74, 6) is -0.302. The minimum atomic E-state index is -0.474. The molecule has 4 nitrogen and oxygen atoms in total. The Labute approximate surface area is 128 Å². The van der Waals surface area contributed by atoms with E-state index in [4.69, 9.17) is 46.4 Å². The van der Waals surface area contributed by atoms with E-state index in [0.29, 0.717) is 5.02 Å². The molecule has 1 aromatic heterocycles. The van der Waals surface area contributed by atoms with Crippen molar-refractivity contribution >= 4 is 58.1 Å². The lowest BCUT2D eigenvalue weighted by atomic mass is 10.2. The van der Waals surface area contributed by atoms with Crippen LogP contribution in [0.25, 0.3) is 0 Å². The summed E-state index contributed by atoms with van der Waals surface area (Å²) < 4.78 is 0. The van der Waals surface area contributed by atoms with E-state index >= 15 is 0 Å². The van der Waals surface area contributed by atoms with Gasteiger partial charge in [-0.05, 0) is 29.8 Å². The highest BCUT2D eigenvalue weighted by atomic mass is 35.5. The SMILES string of the molecule is O=C(Nc1cc(Cl)nc(Cl)n1)c1cc(Cl)ccc1Cl. The van der Waals surface area contributed by atoms with Crippen molar-refractivity contribution in [2.45, 2.75) is 0 Å². The molecule has 1 heterocycles. The number of carbonyl (C=O) groups is 1. The van der Waals surface area contributed by atoms with Gasteiger partial charge in [-0.15, -0.1) is 0 Å². The second-order valence-electron chi connectivity index (χ2n) is 3.42. The minimum absolute atomic E-state index is 0.0695. The van der Waals surface area contributed by atoms with Crippen LogP contribution in [0.4, 0.5) is 5.82 Å². The van der Waals surface area contributed by atoms with Crippen molar-refractivity contribution in [1.29, 1.82) is 0 Å². The van der Waals surface area contributed by atoms with Crippen LogP contribution in [0.15, 0.2) is 24.3 Å². The van der Waals surface area contributed by atoms with Gasteiger partial charge in [0.05, 0.1) is 10.6 Å². The molecule has 0 fully saturated rings. The summed E-state index contributed by atoms with van der Waals surface area (Å²) >= 11 is 23.1. The first-order chi connectivity index (χ1) is 8.95. The molecule has 0 aliphatic rings. The average Bonchev–Trinajstić information content (AvgIpc) is 2.30. The third-order valence-corrected chi connectivity index (χ3v) is 3.01. The summed E-state index contributed by atoms with van der Waals surface area (Å²) in [6.45, 7) is 0. The second kappa shape index (κ2) is 5.92. The zero-order valence-corrected chi connectivity index (χ0v) is 12.1. The first-order valence-electron chi connectivity index (χ1n) is 4.92. The Morgan fingerprint density at radius 2 is 1.79 bits per heavy atom. The number of nitrogens with zero attached hydrogens (tertiary/aromatic N) is 2. The monoisotopic (exact) mass is 335 g/mol. The first-order valence-corrected chi connectivity index (χ1v) is 6.43. The maximum atomic E-state index is 12.0. The van der Waals surface area contributed by atoms with E-state index in [-0.39, 0.29) is 26.8 Å². The Kier molecular flexibility index (Phi) is 4.47. The lowest BCUT2D eigenvalue weighted by molar-refractivity contribution is 0.102. The van der Waals surface area contributed by atoms with E-state index in [2.05, 4.69) is 15.3 Å². The number of benzene rings is 1. The fourth-order valence-electron chi connectivity index (χ4n) is 1.31. The molecule has 0 saturated carbocycles. The fraction of sp³-hybridized carbons (Fsp3) is 0. The van der Waals surface area contributed by atoms with E-state index in [0.717, 1.165) is 0 Å². The van der Waals surface area contributed by atoms with Crippen LogP contribution in [0.3, 0.4) is 0 Å². The zero-order chi connectivity index (χ0) is 14.0. The zero-order valence-electron chi connectivity index (χ0n) is 9.12. The van der Waals surface area contributed by atoms with Crippen LogP contribution >= 0.6 is 46.4 Å². The number of nitrogens with one attached hydrogen (secondary N) is 1. The Balaban J connectivity index is 2.28. The maximum absolute atomic E-state index is 12.0. The molecule has 0 saturated heterocycles. The summed E-state index contributed by atoms with van der Waals surface area (Å²) in [4.78, 5) is 19.5. The number of anilines is 1. The van der Waals surface area contributed by atoms with Gasteiger partial charge < -0.3 is 5.32 Å². The lowest BCUT2D eigenvalue weighted by Crippen LogP contribution is -2.13. The average molecular weight is 337 g/mol. The maximum Gasteiger partial charge on any atom is 0.258 e. The Bertz CT molecular complexity index is 628. The third-order valence-electron chi connectivity index (χ3n) is 2.08. The van der Waals surface area contributed by atoms with Crippen molar-refractivity contribution in [1.82, 2.24) is 9.97 Å². The number of amides is 1. The molecule has 1 aromatic carbocycles.